The molecule has 0 aliphatic rings. The molecule has 4 nitrogen and oxygen atoms in total. The van der Waals surface area contributed by atoms with Gasteiger partial charge in [0.05, 0.1) is 17.9 Å². The molecule has 0 bridgehead atoms. The van der Waals surface area contributed by atoms with Crippen LogP contribution in [-0.2, 0) is 13.6 Å². The fraction of sp³-hybridized carbons (Fsp3) is 0.167. The number of nitrogens with zero attached hydrogens (tertiary/aromatic N) is 2. The third-order valence-electron chi connectivity index (χ3n) is 2.38. The van der Waals surface area contributed by atoms with Crippen LogP contribution in [0.2, 0.25) is 0 Å². The van der Waals surface area contributed by atoms with Gasteiger partial charge in [-0.25, -0.2) is 8.78 Å². The second-order valence-electron chi connectivity index (χ2n) is 3.91. The molecule has 0 amide bonds. The smallest absolute Gasteiger partial charge is 0.171 e. The third-order valence-corrected chi connectivity index (χ3v) is 2.62. The standard InChI is InChI=1S/C12H12F2N4S/c1-18-5-4-9(17-18)7-15-12(19)16-11-3-2-8(13)6-10(11)14/h2-6H,7H2,1H3,(H2,15,16,19). The first kappa shape index (κ1) is 13.4. The number of aryl methyl sites for hydroxylation is 1. The first-order chi connectivity index (χ1) is 9.04. The van der Waals surface area contributed by atoms with Gasteiger partial charge >= 0.3 is 0 Å². The minimum Gasteiger partial charge on any atom is -0.357 e. The molecule has 1 aromatic carbocycles. The predicted octanol–water partition coefficient (Wildman–Crippen LogP) is 2.18. The van der Waals surface area contributed by atoms with Crippen LogP contribution >= 0.6 is 12.2 Å². The van der Waals surface area contributed by atoms with E-state index in [-0.39, 0.29) is 10.8 Å². The summed E-state index contributed by atoms with van der Waals surface area (Å²) in [5, 5.41) is 9.95. The summed E-state index contributed by atoms with van der Waals surface area (Å²) in [6.07, 6.45) is 1.81. The molecule has 0 fully saturated rings. The second-order valence-corrected chi connectivity index (χ2v) is 4.32. The highest BCUT2D eigenvalue weighted by atomic mass is 32.1. The third kappa shape index (κ3) is 3.72. The zero-order valence-electron chi connectivity index (χ0n) is 10.2. The van der Waals surface area contributed by atoms with E-state index >= 15 is 0 Å². The minimum absolute atomic E-state index is 0.125. The summed E-state index contributed by atoms with van der Waals surface area (Å²) in [6.45, 7) is 0.426. The van der Waals surface area contributed by atoms with Crippen molar-refractivity contribution in [3.63, 3.8) is 0 Å². The largest absolute Gasteiger partial charge is 0.357 e. The van der Waals surface area contributed by atoms with Crippen LogP contribution in [0.25, 0.3) is 0 Å². The van der Waals surface area contributed by atoms with Gasteiger partial charge in [0.25, 0.3) is 0 Å². The normalized spacial score (nSPS) is 10.3. The van der Waals surface area contributed by atoms with Gasteiger partial charge in [0, 0.05) is 19.3 Å². The summed E-state index contributed by atoms with van der Waals surface area (Å²) in [7, 11) is 1.81. The lowest BCUT2D eigenvalue weighted by molar-refractivity contribution is 0.586. The highest BCUT2D eigenvalue weighted by molar-refractivity contribution is 7.80. The molecule has 19 heavy (non-hydrogen) atoms. The van der Waals surface area contributed by atoms with Crippen molar-refractivity contribution >= 4 is 23.0 Å². The molecule has 0 aliphatic heterocycles. The van der Waals surface area contributed by atoms with Crippen LogP contribution in [0, 0.1) is 11.6 Å². The van der Waals surface area contributed by atoms with Crippen molar-refractivity contribution < 1.29 is 8.78 Å². The van der Waals surface area contributed by atoms with E-state index in [2.05, 4.69) is 15.7 Å². The maximum atomic E-state index is 13.4. The Morgan fingerprint density at radius 2 is 2.16 bits per heavy atom. The lowest BCUT2D eigenvalue weighted by Crippen LogP contribution is -2.28. The van der Waals surface area contributed by atoms with E-state index < -0.39 is 11.6 Å². The zero-order chi connectivity index (χ0) is 13.8. The summed E-state index contributed by atoms with van der Waals surface area (Å²) in [4.78, 5) is 0. The first-order valence-corrected chi connectivity index (χ1v) is 5.94. The van der Waals surface area contributed by atoms with E-state index in [1.807, 2.05) is 19.3 Å². The van der Waals surface area contributed by atoms with Crippen molar-refractivity contribution in [3.8, 4) is 0 Å². The molecular formula is C12H12F2N4S. The minimum atomic E-state index is -0.693. The number of thiocarbonyl (C=S) groups is 1. The van der Waals surface area contributed by atoms with Crippen molar-refractivity contribution in [2.24, 2.45) is 7.05 Å². The van der Waals surface area contributed by atoms with Gasteiger partial charge in [-0.1, -0.05) is 0 Å². The van der Waals surface area contributed by atoms with Crippen LogP contribution in [-0.4, -0.2) is 14.9 Å². The van der Waals surface area contributed by atoms with Crippen molar-refractivity contribution in [1.82, 2.24) is 15.1 Å². The molecule has 0 atom stereocenters. The van der Waals surface area contributed by atoms with Gasteiger partial charge in [-0.3, -0.25) is 4.68 Å². The Hall–Kier alpha value is -2.02. The molecule has 1 aromatic heterocycles. The van der Waals surface area contributed by atoms with Crippen LogP contribution in [0.5, 0.6) is 0 Å². The van der Waals surface area contributed by atoms with Crippen molar-refractivity contribution in [1.29, 1.82) is 0 Å². The van der Waals surface area contributed by atoms with Crippen LogP contribution in [0.15, 0.2) is 30.5 Å². The number of hydrogen-bond acceptors (Lipinski definition) is 2. The highest BCUT2D eigenvalue weighted by Crippen LogP contribution is 2.14. The molecule has 0 unspecified atom stereocenters. The van der Waals surface area contributed by atoms with Crippen LogP contribution in [0.3, 0.4) is 0 Å². The quantitative estimate of drug-likeness (QED) is 0.847. The van der Waals surface area contributed by atoms with Gasteiger partial charge in [0.2, 0.25) is 0 Å². The monoisotopic (exact) mass is 282 g/mol. The lowest BCUT2D eigenvalue weighted by Gasteiger charge is -2.10. The number of nitrogens with one attached hydrogen (secondary N) is 2. The van der Waals surface area contributed by atoms with E-state index in [1.165, 1.54) is 6.07 Å². The SMILES string of the molecule is Cn1ccc(CNC(=S)Nc2ccc(F)cc2F)n1. The molecule has 0 spiro atoms. The number of hydrogen-bond donors (Lipinski definition) is 2. The van der Waals surface area contributed by atoms with Crippen molar-refractivity contribution in [3.05, 3.63) is 47.8 Å². The second kappa shape index (κ2) is 5.75. The molecule has 2 rings (SSSR count). The Morgan fingerprint density at radius 3 is 2.79 bits per heavy atom. The Labute approximate surface area is 114 Å². The number of aromatic nitrogens is 2. The molecule has 0 saturated heterocycles. The van der Waals surface area contributed by atoms with E-state index in [0.29, 0.717) is 6.54 Å². The highest BCUT2D eigenvalue weighted by Gasteiger charge is 2.05. The molecule has 100 valence electrons. The molecule has 0 aliphatic carbocycles. The molecule has 2 aromatic rings. The van der Waals surface area contributed by atoms with E-state index in [4.69, 9.17) is 12.2 Å². The Bertz CT molecular complexity index is 597. The zero-order valence-corrected chi connectivity index (χ0v) is 11.0. The maximum Gasteiger partial charge on any atom is 0.171 e. The number of anilines is 1. The molecule has 7 heteroatoms. The number of halogens is 2. The molecule has 0 radical (unpaired) electrons. The average molecular weight is 282 g/mol. The Kier molecular flexibility index (Phi) is 4.06. The van der Waals surface area contributed by atoms with Crippen LogP contribution in [0.4, 0.5) is 14.5 Å². The summed E-state index contributed by atoms with van der Waals surface area (Å²) in [5.41, 5.74) is 0.936. The van der Waals surface area contributed by atoms with Crippen LogP contribution < -0.4 is 10.6 Å². The van der Waals surface area contributed by atoms with E-state index in [0.717, 1.165) is 17.8 Å². The summed E-state index contributed by atoms with van der Waals surface area (Å²) in [5.74, 6) is -1.32. The lowest BCUT2D eigenvalue weighted by atomic mass is 10.3. The molecular weight excluding hydrogens is 270 g/mol. The predicted molar refractivity (Wildman–Crippen MR) is 72.6 cm³/mol. The topological polar surface area (TPSA) is 41.9 Å². The Balaban J connectivity index is 1.90. The Morgan fingerprint density at radius 1 is 1.37 bits per heavy atom. The average Bonchev–Trinajstić information content (AvgIpc) is 2.76. The molecule has 0 saturated carbocycles. The van der Waals surface area contributed by atoms with Gasteiger partial charge in [-0.05, 0) is 30.4 Å². The number of benzene rings is 1. The van der Waals surface area contributed by atoms with Gasteiger partial charge in [-0.15, -0.1) is 0 Å². The summed E-state index contributed by atoms with van der Waals surface area (Å²) in [6, 6.07) is 5.09. The van der Waals surface area contributed by atoms with E-state index in [1.54, 1.807) is 4.68 Å². The van der Waals surface area contributed by atoms with Gasteiger partial charge in [0.15, 0.2) is 5.11 Å². The fourth-order valence-electron chi connectivity index (χ4n) is 1.49. The maximum absolute atomic E-state index is 13.4. The fourth-order valence-corrected chi connectivity index (χ4v) is 1.67. The van der Waals surface area contributed by atoms with Crippen molar-refractivity contribution in [2.45, 2.75) is 6.54 Å². The molecule has 2 N–H and O–H groups in total. The number of rotatable bonds is 3. The van der Waals surface area contributed by atoms with Gasteiger partial charge in [0.1, 0.15) is 11.6 Å². The van der Waals surface area contributed by atoms with Gasteiger partial charge < -0.3 is 10.6 Å². The summed E-state index contributed by atoms with van der Waals surface area (Å²) < 4.78 is 27.8. The first-order valence-electron chi connectivity index (χ1n) is 5.53. The van der Waals surface area contributed by atoms with Crippen molar-refractivity contribution in [2.75, 3.05) is 5.32 Å². The summed E-state index contributed by atoms with van der Waals surface area (Å²) >= 11 is 5.02. The van der Waals surface area contributed by atoms with Gasteiger partial charge in [-0.2, -0.15) is 5.10 Å². The molecule has 1 heterocycles. The van der Waals surface area contributed by atoms with Crippen LogP contribution in [0.1, 0.15) is 5.69 Å². The van der Waals surface area contributed by atoms with E-state index in [9.17, 15) is 8.78 Å².